The summed E-state index contributed by atoms with van der Waals surface area (Å²) in [6.07, 6.45) is 0.692. The van der Waals surface area contributed by atoms with Crippen molar-refractivity contribution in [3.63, 3.8) is 0 Å². The Hall–Kier alpha value is -2.35. The summed E-state index contributed by atoms with van der Waals surface area (Å²) in [4.78, 5) is 14.6. The topological polar surface area (TPSA) is 148 Å². The van der Waals surface area contributed by atoms with E-state index in [0.29, 0.717) is 31.9 Å². The van der Waals surface area contributed by atoms with Crippen LogP contribution in [0.15, 0.2) is 58.3 Å². The molecule has 4 N–H and O–H groups in total. The van der Waals surface area contributed by atoms with E-state index in [2.05, 4.69) is 14.9 Å². The Labute approximate surface area is 187 Å². The minimum atomic E-state index is -3.84. The van der Waals surface area contributed by atoms with Gasteiger partial charge in [-0.1, -0.05) is 0 Å². The van der Waals surface area contributed by atoms with E-state index < -0.39 is 26.0 Å². The number of carbonyl (C=O) groups is 1. The van der Waals surface area contributed by atoms with Crippen molar-refractivity contribution in [2.75, 3.05) is 44.7 Å². The van der Waals surface area contributed by atoms with Crippen LogP contribution in [0.3, 0.4) is 0 Å². The van der Waals surface area contributed by atoms with Crippen LogP contribution in [0.1, 0.15) is 16.8 Å². The second-order valence-corrected chi connectivity index (χ2v) is 10.6. The van der Waals surface area contributed by atoms with Crippen LogP contribution in [0.2, 0.25) is 0 Å². The van der Waals surface area contributed by atoms with Crippen LogP contribution in [-0.2, 0) is 24.8 Å². The predicted molar refractivity (Wildman–Crippen MR) is 119 cm³/mol. The first kappa shape index (κ1) is 24.3. The van der Waals surface area contributed by atoms with Crippen molar-refractivity contribution in [3.8, 4) is 0 Å². The SMILES string of the molecule is NS(=O)(=O)c1ccc(C(=O)Nc2ccc(S(=O)(=O)NCCCN3CCOCC3)cc2)cc1. The lowest BCUT2D eigenvalue weighted by molar-refractivity contribution is 0.0376. The van der Waals surface area contributed by atoms with Gasteiger partial charge in [-0.05, 0) is 61.5 Å². The molecule has 0 saturated carbocycles. The number of anilines is 1. The Morgan fingerprint density at radius 3 is 2.12 bits per heavy atom. The Morgan fingerprint density at radius 2 is 1.53 bits per heavy atom. The maximum absolute atomic E-state index is 12.5. The number of ether oxygens (including phenoxy) is 1. The predicted octanol–water partition coefficient (Wildman–Crippen LogP) is 0.587. The Morgan fingerprint density at radius 1 is 0.938 bits per heavy atom. The van der Waals surface area contributed by atoms with Gasteiger partial charge in [0, 0.05) is 30.9 Å². The van der Waals surface area contributed by atoms with Gasteiger partial charge in [-0.3, -0.25) is 9.69 Å². The zero-order chi connectivity index (χ0) is 23.2. The molecule has 0 atom stereocenters. The van der Waals surface area contributed by atoms with Crippen LogP contribution >= 0.6 is 0 Å². The van der Waals surface area contributed by atoms with E-state index in [1.54, 1.807) is 0 Å². The number of sulfonamides is 2. The number of nitrogens with two attached hydrogens (primary N) is 1. The van der Waals surface area contributed by atoms with Gasteiger partial charge in [0.2, 0.25) is 20.0 Å². The summed E-state index contributed by atoms with van der Waals surface area (Å²) in [5.74, 6) is -0.470. The number of primary sulfonamides is 1. The van der Waals surface area contributed by atoms with E-state index in [0.717, 1.165) is 19.6 Å². The zero-order valence-corrected chi connectivity index (χ0v) is 19.0. The molecule has 0 aliphatic carbocycles. The Bertz CT molecular complexity index is 1130. The number of morpholine rings is 1. The molecule has 2 aromatic rings. The second kappa shape index (κ2) is 10.5. The van der Waals surface area contributed by atoms with E-state index in [-0.39, 0.29) is 15.4 Å². The Balaban J connectivity index is 1.52. The average molecular weight is 483 g/mol. The highest BCUT2D eigenvalue weighted by Crippen LogP contribution is 2.16. The first-order valence-corrected chi connectivity index (χ1v) is 13.0. The van der Waals surface area contributed by atoms with Crippen LogP contribution in [0.4, 0.5) is 5.69 Å². The number of carbonyl (C=O) groups excluding carboxylic acids is 1. The molecule has 0 radical (unpaired) electrons. The van der Waals surface area contributed by atoms with E-state index in [9.17, 15) is 21.6 Å². The van der Waals surface area contributed by atoms with Gasteiger partial charge >= 0.3 is 0 Å². The third-order valence-electron chi connectivity index (χ3n) is 4.91. The van der Waals surface area contributed by atoms with Gasteiger partial charge < -0.3 is 10.1 Å². The van der Waals surface area contributed by atoms with Crippen LogP contribution in [0.25, 0.3) is 0 Å². The smallest absolute Gasteiger partial charge is 0.255 e. The summed E-state index contributed by atoms with van der Waals surface area (Å²) >= 11 is 0. The molecule has 0 aromatic heterocycles. The molecule has 32 heavy (non-hydrogen) atoms. The van der Waals surface area contributed by atoms with Crippen LogP contribution in [0.5, 0.6) is 0 Å². The maximum atomic E-state index is 12.5. The van der Waals surface area contributed by atoms with Crippen LogP contribution < -0.4 is 15.2 Å². The number of benzene rings is 2. The molecule has 1 aliphatic rings. The molecule has 0 unspecified atom stereocenters. The van der Waals surface area contributed by atoms with E-state index >= 15 is 0 Å². The molecule has 1 aliphatic heterocycles. The fraction of sp³-hybridized carbons (Fsp3) is 0.350. The van der Waals surface area contributed by atoms with Gasteiger partial charge in [0.15, 0.2) is 0 Å². The van der Waals surface area contributed by atoms with Crippen molar-refractivity contribution < 1.29 is 26.4 Å². The lowest BCUT2D eigenvalue weighted by Crippen LogP contribution is -2.38. The highest BCUT2D eigenvalue weighted by Gasteiger charge is 2.15. The largest absolute Gasteiger partial charge is 0.379 e. The van der Waals surface area contributed by atoms with Crippen molar-refractivity contribution in [3.05, 3.63) is 54.1 Å². The van der Waals surface area contributed by atoms with Gasteiger partial charge in [0.1, 0.15) is 0 Å². The number of nitrogens with one attached hydrogen (secondary N) is 2. The first-order valence-electron chi connectivity index (χ1n) is 9.99. The summed E-state index contributed by atoms with van der Waals surface area (Å²) in [7, 11) is -7.49. The average Bonchev–Trinajstić information content (AvgIpc) is 2.77. The molecule has 1 saturated heterocycles. The lowest BCUT2D eigenvalue weighted by atomic mass is 10.2. The molecule has 0 bridgehead atoms. The lowest BCUT2D eigenvalue weighted by Gasteiger charge is -2.26. The fourth-order valence-corrected chi connectivity index (χ4v) is 4.72. The summed E-state index contributed by atoms with van der Waals surface area (Å²) in [6.45, 7) is 4.25. The standard InChI is InChI=1S/C20H26N4O6S2/c21-31(26,27)18-6-2-16(3-7-18)20(25)23-17-4-8-19(9-5-17)32(28,29)22-10-1-11-24-12-14-30-15-13-24/h2-9,22H,1,10-15H2,(H,23,25)(H2,21,26,27). The second-order valence-electron chi connectivity index (χ2n) is 7.25. The number of rotatable bonds is 9. The maximum Gasteiger partial charge on any atom is 0.255 e. The van der Waals surface area contributed by atoms with Crippen molar-refractivity contribution in [2.45, 2.75) is 16.2 Å². The zero-order valence-electron chi connectivity index (χ0n) is 17.4. The highest BCUT2D eigenvalue weighted by atomic mass is 32.2. The summed E-state index contributed by atoms with van der Waals surface area (Å²) < 4.78 is 55.4. The molecule has 0 spiro atoms. The number of amides is 1. The van der Waals surface area contributed by atoms with Gasteiger partial charge in [-0.15, -0.1) is 0 Å². The van der Waals surface area contributed by atoms with Crippen molar-refractivity contribution >= 4 is 31.6 Å². The first-order chi connectivity index (χ1) is 15.1. The molecule has 1 heterocycles. The van der Waals surface area contributed by atoms with Crippen LogP contribution in [0, 0.1) is 0 Å². The summed E-state index contributed by atoms with van der Waals surface area (Å²) in [5.41, 5.74) is 0.632. The van der Waals surface area contributed by atoms with Gasteiger partial charge in [-0.25, -0.2) is 26.7 Å². The summed E-state index contributed by atoms with van der Waals surface area (Å²) in [6, 6.07) is 10.9. The molecule has 12 heteroatoms. The number of hydrogen-bond donors (Lipinski definition) is 3. The van der Waals surface area contributed by atoms with Crippen molar-refractivity contribution in [1.29, 1.82) is 0 Å². The molecular weight excluding hydrogens is 456 g/mol. The molecule has 1 amide bonds. The van der Waals surface area contributed by atoms with Crippen LogP contribution in [-0.4, -0.2) is 67.0 Å². The molecule has 2 aromatic carbocycles. The van der Waals surface area contributed by atoms with E-state index in [1.165, 1.54) is 48.5 Å². The van der Waals surface area contributed by atoms with E-state index in [1.807, 2.05) is 0 Å². The van der Waals surface area contributed by atoms with Gasteiger partial charge in [0.25, 0.3) is 5.91 Å². The summed E-state index contributed by atoms with van der Waals surface area (Å²) in [5, 5.41) is 7.67. The van der Waals surface area contributed by atoms with Gasteiger partial charge in [0.05, 0.1) is 23.0 Å². The third-order valence-corrected chi connectivity index (χ3v) is 7.32. The third kappa shape index (κ3) is 6.82. The molecule has 1 fully saturated rings. The van der Waals surface area contributed by atoms with Crippen molar-refractivity contribution in [2.24, 2.45) is 5.14 Å². The number of hydrogen-bond acceptors (Lipinski definition) is 7. The minimum absolute atomic E-state index is 0.0962. The van der Waals surface area contributed by atoms with Crippen molar-refractivity contribution in [1.82, 2.24) is 9.62 Å². The van der Waals surface area contributed by atoms with E-state index in [4.69, 9.17) is 9.88 Å². The monoisotopic (exact) mass is 482 g/mol. The normalized spacial score (nSPS) is 15.4. The molecule has 10 nitrogen and oxygen atoms in total. The highest BCUT2D eigenvalue weighted by molar-refractivity contribution is 7.89. The quantitative estimate of drug-likeness (QED) is 0.443. The number of nitrogens with zero attached hydrogens (tertiary/aromatic N) is 1. The fourth-order valence-electron chi connectivity index (χ4n) is 3.13. The molecule has 3 rings (SSSR count). The minimum Gasteiger partial charge on any atom is -0.379 e. The Kier molecular flexibility index (Phi) is 7.98. The molecule has 174 valence electrons. The van der Waals surface area contributed by atoms with Gasteiger partial charge in [-0.2, -0.15) is 0 Å². The molecular formula is C20H26N4O6S2.